The fourth-order valence-corrected chi connectivity index (χ4v) is 3.17. The second-order valence-corrected chi connectivity index (χ2v) is 6.50. The summed E-state index contributed by atoms with van der Waals surface area (Å²) in [5.74, 6) is 1.72. The van der Waals surface area contributed by atoms with E-state index in [9.17, 15) is 0 Å². The van der Waals surface area contributed by atoms with Crippen molar-refractivity contribution < 1.29 is 4.74 Å². The van der Waals surface area contributed by atoms with Crippen LogP contribution in [0.2, 0.25) is 0 Å². The van der Waals surface area contributed by atoms with Crippen LogP contribution in [0.15, 0.2) is 18.2 Å². The monoisotopic (exact) mass is 362 g/mol. The maximum atomic E-state index is 5.35. The van der Waals surface area contributed by atoms with Gasteiger partial charge in [0.05, 0.1) is 7.11 Å². The van der Waals surface area contributed by atoms with E-state index in [4.69, 9.17) is 4.74 Å². The average molecular weight is 363 g/mol. The molecule has 1 aliphatic heterocycles. The Hall–Kier alpha value is -0.480. The Balaban J connectivity index is 0.00000242. The number of hydrogen-bond donors (Lipinski definition) is 1. The van der Waals surface area contributed by atoms with Gasteiger partial charge in [0.1, 0.15) is 5.75 Å². The lowest BCUT2D eigenvalue weighted by molar-refractivity contribution is 0.159. The van der Waals surface area contributed by atoms with Crippen LogP contribution in [0.25, 0.3) is 0 Å². The molecule has 1 heterocycles. The zero-order chi connectivity index (χ0) is 15.2. The summed E-state index contributed by atoms with van der Waals surface area (Å²) in [6, 6.07) is 7.08. The Morgan fingerprint density at radius 1 is 1.13 bits per heavy atom. The molecule has 1 aliphatic rings. The Morgan fingerprint density at radius 2 is 1.78 bits per heavy atom. The van der Waals surface area contributed by atoms with E-state index in [1.165, 1.54) is 24.0 Å². The second kappa shape index (κ2) is 11.1. The Bertz CT molecular complexity index is 449. The molecule has 0 aromatic heterocycles. The van der Waals surface area contributed by atoms with Crippen molar-refractivity contribution in [3.8, 4) is 5.75 Å². The van der Waals surface area contributed by atoms with Crippen molar-refractivity contribution in [1.29, 1.82) is 0 Å². The van der Waals surface area contributed by atoms with Crippen LogP contribution in [0.3, 0.4) is 0 Å². The zero-order valence-corrected chi connectivity index (χ0v) is 16.4. The van der Waals surface area contributed by atoms with Crippen LogP contribution in [-0.2, 0) is 0 Å². The molecule has 1 N–H and O–H groups in total. The number of nitrogens with one attached hydrogen (secondary N) is 1. The molecule has 1 saturated heterocycles. The number of hydrogen-bond acceptors (Lipinski definition) is 3. The predicted molar refractivity (Wildman–Crippen MR) is 103 cm³/mol. The van der Waals surface area contributed by atoms with Crippen molar-refractivity contribution in [3.63, 3.8) is 0 Å². The SMILES string of the molecule is COc1ccc([C@H](CCC(C)C)N2CCNCC2)c(C)c1.Cl.Cl. The molecule has 0 amide bonds. The van der Waals surface area contributed by atoms with E-state index in [0.29, 0.717) is 6.04 Å². The van der Waals surface area contributed by atoms with E-state index >= 15 is 0 Å². The molecule has 0 saturated carbocycles. The van der Waals surface area contributed by atoms with Gasteiger partial charge in [-0.15, -0.1) is 24.8 Å². The third kappa shape index (κ3) is 6.50. The van der Waals surface area contributed by atoms with Gasteiger partial charge in [-0.3, -0.25) is 4.90 Å². The van der Waals surface area contributed by atoms with Gasteiger partial charge in [0, 0.05) is 32.2 Å². The quantitative estimate of drug-likeness (QED) is 0.819. The maximum Gasteiger partial charge on any atom is 0.119 e. The summed E-state index contributed by atoms with van der Waals surface area (Å²) in [6.07, 6.45) is 2.52. The Kier molecular flexibility index (Phi) is 10.9. The highest BCUT2D eigenvalue weighted by atomic mass is 35.5. The molecule has 0 radical (unpaired) electrons. The smallest absolute Gasteiger partial charge is 0.119 e. The van der Waals surface area contributed by atoms with Crippen LogP contribution < -0.4 is 10.1 Å². The lowest BCUT2D eigenvalue weighted by Crippen LogP contribution is -2.45. The summed E-state index contributed by atoms with van der Waals surface area (Å²) in [7, 11) is 1.74. The maximum absolute atomic E-state index is 5.35. The van der Waals surface area contributed by atoms with Crippen molar-refractivity contribution >= 4 is 24.8 Å². The van der Waals surface area contributed by atoms with Crippen LogP contribution in [0.4, 0.5) is 0 Å². The first-order valence-corrected chi connectivity index (χ1v) is 8.21. The van der Waals surface area contributed by atoms with Crippen LogP contribution in [-0.4, -0.2) is 38.2 Å². The molecule has 1 aromatic rings. The molecule has 0 aliphatic carbocycles. The number of ether oxygens (including phenoxy) is 1. The van der Waals surface area contributed by atoms with E-state index in [2.05, 4.69) is 49.2 Å². The summed E-state index contributed by atoms with van der Waals surface area (Å²) in [5.41, 5.74) is 2.82. The molecular weight excluding hydrogens is 331 g/mol. The normalized spacial score (nSPS) is 16.4. The molecule has 1 fully saturated rings. The van der Waals surface area contributed by atoms with Gasteiger partial charge in [-0.25, -0.2) is 0 Å². The predicted octanol–water partition coefficient (Wildman–Crippen LogP) is 4.23. The summed E-state index contributed by atoms with van der Waals surface area (Å²) < 4.78 is 5.35. The number of nitrogens with zero attached hydrogens (tertiary/aromatic N) is 1. The molecule has 0 bridgehead atoms. The van der Waals surface area contributed by atoms with Gasteiger partial charge in [0.25, 0.3) is 0 Å². The highest BCUT2D eigenvalue weighted by Crippen LogP contribution is 2.31. The number of benzene rings is 1. The fraction of sp³-hybridized carbons (Fsp3) is 0.667. The van der Waals surface area contributed by atoms with Crippen molar-refractivity contribution in [2.24, 2.45) is 5.92 Å². The molecule has 3 nitrogen and oxygen atoms in total. The first-order chi connectivity index (χ1) is 10.1. The molecule has 1 atom stereocenters. The minimum Gasteiger partial charge on any atom is -0.497 e. The molecule has 2 rings (SSSR count). The van der Waals surface area contributed by atoms with Crippen molar-refractivity contribution in [3.05, 3.63) is 29.3 Å². The lowest BCUT2D eigenvalue weighted by atomic mass is 9.93. The molecule has 1 aromatic carbocycles. The van der Waals surface area contributed by atoms with Crippen molar-refractivity contribution in [1.82, 2.24) is 10.2 Å². The molecule has 0 spiro atoms. The Labute approximate surface area is 154 Å². The number of aryl methyl sites for hydroxylation is 1. The van der Waals surface area contributed by atoms with Gasteiger partial charge in [0.2, 0.25) is 0 Å². The van der Waals surface area contributed by atoms with E-state index in [1.807, 2.05) is 0 Å². The van der Waals surface area contributed by atoms with Crippen LogP contribution in [0.1, 0.15) is 43.9 Å². The molecule has 134 valence electrons. The molecule has 0 unspecified atom stereocenters. The van der Waals surface area contributed by atoms with Crippen LogP contribution in [0, 0.1) is 12.8 Å². The second-order valence-electron chi connectivity index (χ2n) is 6.50. The van der Waals surface area contributed by atoms with Crippen molar-refractivity contribution in [2.45, 2.75) is 39.7 Å². The van der Waals surface area contributed by atoms with E-state index in [0.717, 1.165) is 37.8 Å². The number of rotatable bonds is 6. The van der Waals surface area contributed by atoms with Gasteiger partial charge in [-0.1, -0.05) is 19.9 Å². The average Bonchev–Trinajstić information content (AvgIpc) is 2.49. The third-order valence-corrected chi connectivity index (χ3v) is 4.45. The number of piperazine rings is 1. The highest BCUT2D eigenvalue weighted by Gasteiger charge is 2.23. The number of methoxy groups -OCH3 is 1. The Morgan fingerprint density at radius 3 is 2.30 bits per heavy atom. The standard InChI is InChI=1S/C18H30N2O.2ClH/c1-14(2)5-8-18(20-11-9-19-10-12-20)17-7-6-16(21-4)13-15(17)3;;/h6-7,13-14,18-19H,5,8-12H2,1-4H3;2*1H/t18-;;/m0../s1. The first-order valence-electron chi connectivity index (χ1n) is 8.21. The van der Waals surface area contributed by atoms with Gasteiger partial charge >= 0.3 is 0 Å². The summed E-state index contributed by atoms with van der Waals surface area (Å²) in [6.45, 7) is 11.3. The lowest BCUT2D eigenvalue weighted by Gasteiger charge is -2.36. The zero-order valence-electron chi connectivity index (χ0n) is 14.8. The third-order valence-electron chi connectivity index (χ3n) is 4.45. The van der Waals surface area contributed by atoms with Gasteiger partial charge < -0.3 is 10.1 Å². The topological polar surface area (TPSA) is 24.5 Å². The van der Waals surface area contributed by atoms with Crippen LogP contribution in [0.5, 0.6) is 5.75 Å². The fourth-order valence-electron chi connectivity index (χ4n) is 3.17. The van der Waals surface area contributed by atoms with E-state index < -0.39 is 0 Å². The van der Waals surface area contributed by atoms with Gasteiger partial charge in [-0.2, -0.15) is 0 Å². The number of halogens is 2. The van der Waals surface area contributed by atoms with Gasteiger partial charge in [0.15, 0.2) is 0 Å². The minimum atomic E-state index is 0. The van der Waals surface area contributed by atoms with Crippen molar-refractivity contribution in [2.75, 3.05) is 33.3 Å². The van der Waals surface area contributed by atoms with Gasteiger partial charge in [-0.05, 0) is 48.9 Å². The largest absolute Gasteiger partial charge is 0.497 e. The summed E-state index contributed by atoms with van der Waals surface area (Å²) >= 11 is 0. The molecule has 23 heavy (non-hydrogen) atoms. The highest BCUT2D eigenvalue weighted by molar-refractivity contribution is 5.85. The molecule has 5 heteroatoms. The minimum absolute atomic E-state index is 0. The van der Waals surface area contributed by atoms with E-state index in [-0.39, 0.29) is 24.8 Å². The summed E-state index contributed by atoms with van der Waals surface area (Å²) in [5, 5.41) is 3.46. The van der Waals surface area contributed by atoms with Crippen LogP contribution >= 0.6 is 24.8 Å². The first kappa shape index (κ1) is 22.5. The summed E-state index contributed by atoms with van der Waals surface area (Å²) in [4.78, 5) is 2.65. The van der Waals surface area contributed by atoms with E-state index in [1.54, 1.807) is 7.11 Å². The molecular formula is C18H32Cl2N2O.